The first-order valence-electron chi connectivity index (χ1n) is 8.89. The summed E-state index contributed by atoms with van der Waals surface area (Å²) in [6.07, 6.45) is 6.90. The molecule has 0 amide bonds. The van der Waals surface area contributed by atoms with E-state index in [2.05, 4.69) is 32.0 Å². The van der Waals surface area contributed by atoms with E-state index in [9.17, 15) is 0 Å². The average Bonchev–Trinajstić information content (AvgIpc) is 2.54. The Labute approximate surface area is 134 Å². The summed E-state index contributed by atoms with van der Waals surface area (Å²) >= 11 is 0. The lowest BCUT2D eigenvalue weighted by molar-refractivity contribution is -0.127. The van der Waals surface area contributed by atoms with Crippen LogP contribution in [-0.4, -0.2) is 19.8 Å². The van der Waals surface area contributed by atoms with Crippen LogP contribution in [0.15, 0.2) is 18.2 Å². The molecular weight excluding hydrogens is 272 g/mol. The number of methoxy groups -OCH3 is 1. The normalized spacial score (nSPS) is 40.3. The lowest BCUT2D eigenvalue weighted by Crippen LogP contribution is -2.49. The minimum absolute atomic E-state index is 0.414. The van der Waals surface area contributed by atoms with Crippen molar-refractivity contribution in [2.45, 2.75) is 58.0 Å². The van der Waals surface area contributed by atoms with Crippen molar-refractivity contribution in [2.24, 2.45) is 17.3 Å². The van der Waals surface area contributed by atoms with Crippen LogP contribution in [0.2, 0.25) is 0 Å². The second-order valence-electron chi connectivity index (χ2n) is 8.03. The molecule has 4 rings (SSSR count). The third kappa shape index (κ3) is 2.19. The standard InChI is InChI=1S/C20H28O2/c1-13-10-19-18-6-4-14-11-15(21-3)5-7-16(14)17(18)8-9-20(19,2)12-22-13/h5,7,11,13,17-19H,4,6,8-10,12H2,1-3H3/t13-,17+,18+,19-,20-/m0/s1. The van der Waals surface area contributed by atoms with Gasteiger partial charge in [-0.05, 0) is 85.5 Å². The smallest absolute Gasteiger partial charge is 0.119 e. The number of fused-ring (bicyclic) bond motifs is 5. The van der Waals surface area contributed by atoms with Gasteiger partial charge in [-0.1, -0.05) is 13.0 Å². The second-order valence-corrected chi connectivity index (χ2v) is 8.03. The third-order valence-corrected chi connectivity index (χ3v) is 6.74. The number of hydrogen-bond donors (Lipinski definition) is 0. The predicted octanol–water partition coefficient (Wildman–Crippen LogP) is 4.57. The fraction of sp³-hybridized carbons (Fsp3) is 0.700. The van der Waals surface area contributed by atoms with Crippen molar-refractivity contribution in [1.29, 1.82) is 0 Å². The van der Waals surface area contributed by atoms with Gasteiger partial charge in [0, 0.05) is 0 Å². The van der Waals surface area contributed by atoms with Gasteiger partial charge in [0.05, 0.1) is 19.8 Å². The monoisotopic (exact) mass is 300 g/mol. The zero-order chi connectivity index (χ0) is 15.3. The maximum Gasteiger partial charge on any atom is 0.119 e. The van der Waals surface area contributed by atoms with E-state index in [0.29, 0.717) is 11.5 Å². The van der Waals surface area contributed by atoms with Crippen LogP contribution in [0.4, 0.5) is 0 Å². The molecule has 22 heavy (non-hydrogen) atoms. The molecule has 0 radical (unpaired) electrons. The van der Waals surface area contributed by atoms with Crippen molar-refractivity contribution in [3.8, 4) is 5.75 Å². The van der Waals surface area contributed by atoms with Crippen LogP contribution >= 0.6 is 0 Å². The highest BCUT2D eigenvalue weighted by Gasteiger charge is 2.50. The first-order chi connectivity index (χ1) is 10.6. The molecule has 1 aliphatic heterocycles. The van der Waals surface area contributed by atoms with Gasteiger partial charge in [-0.15, -0.1) is 0 Å². The van der Waals surface area contributed by atoms with Gasteiger partial charge < -0.3 is 9.47 Å². The average molecular weight is 300 g/mol. The molecule has 120 valence electrons. The zero-order valence-electron chi connectivity index (χ0n) is 14.1. The fourth-order valence-electron chi connectivity index (χ4n) is 5.48. The molecule has 1 saturated carbocycles. The van der Waals surface area contributed by atoms with Gasteiger partial charge in [-0.3, -0.25) is 0 Å². The molecule has 3 aliphatic rings. The van der Waals surface area contributed by atoms with E-state index in [1.165, 1.54) is 37.7 Å². The number of ether oxygens (including phenoxy) is 2. The Morgan fingerprint density at radius 2 is 2.14 bits per heavy atom. The highest BCUT2D eigenvalue weighted by molar-refractivity contribution is 5.40. The van der Waals surface area contributed by atoms with Crippen molar-refractivity contribution < 1.29 is 9.47 Å². The first-order valence-corrected chi connectivity index (χ1v) is 8.89. The summed E-state index contributed by atoms with van der Waals surface area (Å²) in [5.41, 5.74) is 3.56. The zero-order valence-corrected chi connectivity index (χ0v) is 14.1. The highest BCUT2D eigenvalue weighted by atomic mass is 16.5. The molecule has 2 heteroatoms. The highest BCUT2D eigenvalue weighted by Crippen LogP contribution is 2.57. The molecule has 5 atom stereocenters. The van der Waals surface area contributed by atoms with Crippen LogP contribution in [0, 0.1) is 17.3 Å². The lowest BCUT2D eigenvalue weighted by atomic mass is 9.53. The van der Waals surface area contributed by atoms with Gasteiger partial charge in [-0.25, -0.2) is 0 Å². The van der Waals surface area contributed by atoms with Crippen LogP contribution in [0.1, 0.15) is 56.6 Å². The Kier molecular flexibility index (Phi) is 3.48. The topological polar surface area (TPSA) is 18.5 Å². The summed E-state index contributed by atoms with van der Waals surface area (Å²) in [5, 5.41) is 0. The summed E-state index contributed by atoms with van der Waals surface area (Å²) in [4.78, 5) is 0. The van der Waals surface area contributed by atoms with E-state index < -0.39 is 0 Å². The molecule has 1 aromatic rings. The van der Waals surface area contributed by atoms with Crippen molar-refractivity contribution >= 4 is 0 Å². The number of rotatable bonds is 1. The van der Waals surface area contributed by atoms with Gasteiger partial charge in [0.15, 0.2) is 0 Å². The van der Waals surface area contributed by atoms with Crippen LogP contribution in [0.25, 0.3) is 0 Å². The lowest BCUT2D eigenvalue weighted by Gasteiger charge is -2.55. The SMILES string of the molecule is COc1ccc2c(c1)CC[C@@H]1[C@@H]2CC[C@@]2(C)CO[C@@H](C)C[C@@H]12. The summed E-state index contributed by atoms with van der Waals surface area (Å²) in [5.74, 6) is 3.46. The van der Waals surface area contributed by atoms with E-state index in [0.717, 1.165) is 30.1 Å². The van der Waals surface area contributed by atoms with Gasteiger partial charge in [0.1, 0.15) is 5.75 Å². The summed E-state index contributed by atoms with van der Waals surface area (Å²) in [6, 6.07) is 6.77. The van der Waals surface area contributed by atoms with E-state index in [4.69, 9.17) is 9.47 Å². The molecule has 2 aliphatic carbocycles. The van der Waals surface area contributed by atoms with Crippen LogP contribution < -0.4 is 4.74 Å². The Morgan fingerprint density at radius 3 is 2.95 bits per heavy atom. The number of aryl methyl sites for hydroxylation is 1. The van der Waals surface area contributed by atoms with Gasteiger partial charge in [0.2, 0.25) is 0 Å². The molecule has 2 nitrogen and oxygen atoms in total. The van der Waals surface area contributed by atoms with Crippen molar-refractivity contribution in [3.05, 3.63) is 29.3 Å². The summed E-state index contributed by atoms with van der Waals surface area (Å²) in [7, 11) is 1.77. The predicted molar refractivity (Wildman–Crippen MR) is 88.4 cm³/mol. The summed E-state index contributed by atoms with van der Waals surface area (Å²) < 4.78 is 11.4. The molecule has 0 bridgehead atoms. The van der Waals surface area contributed by atoms with E-state index in [1.54, 1.807) is 12.7 Å². The molecule has 1 saturated heterocycles. The minimum atomic E-state index is 0.414. The fourth-order valence-corrected chi connectivity index (χ4v) is 5.48. The first kappa shape index (κ1) is 14.6. The maximum atomic E-state index is 6.01. The molecular formula is C20H28O2. The quantitative estimate of drug-likeness (QED) is 0.756. The van der Waals surface area contributed by atoms with Crippen molar-refractivity contribution in [3.63, 3.8) is 0 Å². The third-order valence-electron chi connectivity index (χ3n) is 6.74. The van der Waals surface area contributed by atoms with Gasteiger partial charge >= 0.3 is 0 Å². The molecule has 0 N–H and O–H groups in total. The Bertz CT molecular complexity index is 567. The number of hydrogen-bond acceptors (Lipinski definition) is 2. The molecule has 0 unspecified atom stereocenters. The largest absolute Gasteiger partial charge is 0.497 e. The Hall–Kier alpha value is -1.02. The van der Waals surface area contributed by atoms with Crippen molar-refractivity contribution in [1.82, 2.24) is 0 Å². The van der Waals surface area contributed by atoms with Crippen LogP contribution in [0.5, 0.6) is 5.75 Å². The van der Waals surface area contributed by atoms with E-state index >= 15 is 0 Å². The van der Waals surface area contributed by atoms with Crippen molar-refractivity contribution in [2.75, 3.05) is 13.7 Å². The maximum absolute atomic E-state index is 6.01. The van der Waals surface area contributed by atoms with Crippen LogP contribution in [0.3, 0.4) is 0 Å². The Balaban J connectivity index is 1.67. The molecule has 0 spiro atoms. The second kappa shape index (κ2) is 5.26. The minimum Gasteiger partial charge on any atom is -0.497 e. The summed E-state index contributed by atoms with van der Waals surface area (Å²) in [6.45, 7) is 5.70. The van der Waals surface area contributed by atoms with Crippen LogP contribution in [-0.2, 0) is 11.2 Å². The number of benzene rings is 1. The molecule has 0 aromatic heterocycles. The van der Waals surface area contributed by atoms with Gasteiger partial charge in [-0.2, -0.15) is 0 Å². The van der Waals surface area contributed by atoms with E-state index in [1.807, 2.05) is 0 Å². The molecule has 1 heterocycles. The van der Waals surface area contributed by atoms with E-state index in [-0.39, 0.29) is 0 Å². The van der Waals surface area contributed by atoms with Gasteiger partial charge in [0.25, 0.3) is 0 Å². The molecule has 2 fully saturated rings. The molecule has 1 aromatic carbocycles. The Morgan fingerprint density at radius 1 is 1.27 bits per heavy atom.